The standard InChI is InChI=1S/C34H64O12S/c1-3-5-7-9-11-13-14-15-16-17-19-21-23-30(36)44-28(26-42-24-22-20-18-12-10-8-6-4-2)27-43-34-32(38)33(46-47(39,40)41)31(37)29(25-35)45-34/h11,13,28-29,31-35,37-38H,3-10,12,14-27H2,1-2H3,(H,39,40,41)/b13-11-. The first-order valence-corrected chi connectivity index (χ1v) is 19.3. The molecular weight excluding hydrogens is 632 g/mol. The summed E-state index contributed by atoms with van der Waals surface area (Å²) in [6.07, 6.45) is 15.6. The maximum atomic E-state index is 12.7. The Morgan fingerprint density at radius 3 is 1.96 bits per heavy atom. The van der Waals surface area contributed by atoms with Gasteiger partial charge in [0.25, 0.3) is 0 Å². The van der Waals surface area contributed by atoms with Crippen molar-refractivity contribution in [2.24, 2.45) is 0 Å². The summed E-state index contributed by atoms with van der Waals surface area (Å²) in [6.45, 7) is 3.89. The van der Waals surface area contributed by atoms with Crippen LogP contribution in [0.3, 0.4) is 0 Å². The number of hydrogen-bond donors (Lipinski definition) is 4. The Kier molecular flexibility index (Phi) is 25.8. The lowest BCUT2D eigenvalue weighted by Crippen LogP contribution is -2.60. The summed E-state index contributed by atoms with van der Waals surface area (Å²) in [7, 11) is -5.05. The Balaban J connectivity index is 2.55. The van der Waals surface area contributed by atoms with Gasteiger partial charge in [-0.05, 0) is 38.5 Å². The number of aliphatic hydroxyl groups excluding tert-OH is 3. The molecule has 6 unspecified atom stereocenters. The minimum atomic E-state index is -5.05. The third-order valence-corrected chi connectivity index (χ3v) is 8.60. The summed E-state index contributed by atoms with van der Waals surface area (Å²) < 4.78 is 58.5. The van der Waals surface area contributed by atoms with Gasteiger partial charge in [-0.3, -0.25) is 9.35 Å². The van der Waals surface area contributed by atoms with Crippen LogP contribution in [0.15, 0.2) is 12.2 Å². The van der Waals surface area contributed by atoms with Gasteiger partial charge in [-0.1, -0.05) is 103 Å². The quantitative estimate of drug-likeness (QED) is 0.0318. The van der Waals surface area contributed by atoms with Gasteiger partial charge < -0.3 is 34.3 Å². The molecule has 1 saturated heterocycles. The lowest BCUT2D eigenvalue weighted by Gasteiger charge is -2.41. The molecule has 4 N–H and O–H groups in total. The van der Waals surface area contributed by atoms with Gasteiger partial charge in [0.1, 0.15) is 30.5 Å². The van der Waals surface area contributed by atoms with Crippen molar-refractivity contribution in [3.63, 3.8) is 0 Å². The highest BCUT2D eigenvalue weighted by Gasteiger charge is 2.48. The summed E-state index contributed by atoms with van der Waals surface area (Å²) in [4.78, 5) is 12.7. The number of carbonyl (C=O) groups excluding carboxylic acids is 1. The molecule has 0 spiro atoms. The van der Waals surface area contributed by atoms with Gasteiger partial charge in [0.05, 0.1) is 19.8 Å². The van der Waals surface area contributed by atoms with Gasteiger partial charge in [0.2, 0.25) is 0 Å². The number of aliphatic hydroxyl groups is 3. The predicted molar refractivity (Wildman–Crippen MR) is 179 cm³/mol. The van der Waals surface area contributed by atoms with E-state index in [0.29, 0.717) is 13.0 Å². The minimum absolute atomic E-state index is 0.0357. The van der Waals surface area contributed by atoms with Crippen LogP contribution in [0.25, 0.3) is 0 Å². The first kappa shape index (κ1) is 43.9. The number of rotatable bonds is 30. The van der Waals surface area contributed by atoms with Crippen molar-refractivity contribution < 1.29 is 56.2 Å². The average Bonchev–Trinajstić information content (AvgIpc) is 3.03. The molecule has 0 aliphatic carbocycles. The van der Waals surface area contributed by atoms with Crippen LogP contribution in [-0.2, 0) is 38.3 Å². The number of hydrogen-bond acceptors (Lipinski definition) is 11. The zero-order valence-corrected chi connectivity index (χ0v) is 29.7. The molecular formula is C34H64O12S. The molecule has 47 heavy (non-hydrogen) atoms. The van der Waals surface area contributed by atoms with Crippen LogP contribution in [0.4, 0.5) is 0 Å². The average molecular weight is 697 g/mol. The topological polar surface area (TPSA) is 178 Å². The largest absolute Gasteiger partial charge is 0.457 e. The first-order valence-electron chi connectivity index (χ1n) is 17.9. The van der Waals surface area contributed by atoms with E-state index in [0.717, 1.165) is 57.8 Å². The Morgan fingerprint density at radius 1 is 0.787 bits per heavy atom. The van der Waals surface area contributed by atoms with Crippen molar-refractivity contribution in [3.05, 3.63) is 12.2 Å². The van der Waals surface area contributed by atoms with Gasteiger partial charge >= 0.3 is 16.4 Å². The van der Waals surface area contributed by atoms with Crippen molar-refractivity contribution in [3.8, 4) is 0 Å². The van der Waals surface area contributed by atoms with Gasteiger partial charge in [-0.2, -0.15) is 8.42 Å². The Bertz CT molecular complexity index is 900. The fraction of sp³-hybridized carbons (Fsp3) is 0.912. The van der Waals surface area contributed by atoms with E-state index in [-0.39, 0.29) is 19.6 Å². The minimum Gasteiger partial charge on any atom is -0.457 e. The predicted octanol–water partition coefficient (Wildman–Crippen LogP) is 5.57. The van der Waals surface area contributed by atoms with Crippen molar-refractivity contribution in [1.29, 1.82) is 0 Å². The molecule has 1 rings (SSSR count). The van der Waals surface area contributed by atoms with Crippen LogP contribution in [0.2, 0.25) is 0 Å². The number of allylic oxidation sites excluding steroid dienone is 2. The van der Waals surface area contributed by atoms with Crippen LogP contribution in [-0.4, -0.2) is 97.5 Å². The van der Waals surface area contributed by atoms with Crippen molar-refractivity contribution >= 4 is 16.4 Å². The molecule has 0 aromatic heterocycles. The van der Waals surface area contributed by atoms with E-state index in [1.54, 1.807) is 0 Å². The second-order valence-corrected chi connectivity index (χ2v) is 13.5. The van der Waals surface area contributed by atoms with Crippen molar-refractivity contribution in [1.82, 2.24) is 0 Å². The van der Waals surface area contributed by atoms with E-state index in [9.17, 15) is 28.5 Å². The lowest BCUT2D eigenvalue weighted by molar-refractivity contribution is -0.301. The number of ether oxygens (including phenoxy) is 4. The smallest absolute Gasteiger partial charge is 0.397 e. The summed E-state index contributed by atoms with van der Waals surface area (Å²) in [5, 5.41) is 30.4. The van der Waals surface area contributed by atoms with Crippen LogP contribution >= 0.6 is 0 Å². The SMILES string of the molecule is CCCCC/C=C\CCCCCCCC(=O)OC(COCCCCCCCCCC)COC1OC(CO)C(O)C(OS(=O)(=O)O)C1O. The Labute approximate surface area is 283 Å². The maximum Gasteiger partial charge on any atom is 0.397 e. The van der Waals surface area contributed by atoms with E-state index in [4.69, 9.17) is 23.5 Å². The number of esters is 1. The van der Waals surface area contributed by atoms with E-state index in [1.807, 2.05) is 0 Å². The van der Waals surface area contributed by atoms with E-state index >= 15 is 0 Å². The number of carbonyl (C=O) groups is 1. The number of unbranched alkanes of at least 4 members (excludes halogenated alkanes) is 15. The van der Waals surface area contributed by atoms with E-state index in [2.05, 4.69) is 30.2 Å². The molecule has 0 aromatic carbocycles. The molecule has 6 atom stereocenters. The van der Waals surface area contributed by atoms with Crippen LogP contribution in [0.1, 0.15) is 136 Å². The van der Waals surface area contributed by atoms with E-state index in [1.165, 1.54) is 51.4 Å². The molecule has 0 radical (unpaired) electrons. The second kappa shape index (κ2) is 27.6. The van der Waals surface area contributed by atoms with Crippen molar-refractivity contribution in [2.75, 3.05) is 26.4 Å². The summed E-state index contributed by atoms with van der Waals surface area (Å²) in [5.41, 5.74) is 0. The fourth-order valence-electron chi connectivity index (χ4n) is 5.37. The van der Waals surface area contributed by atoms with Gasteiger partial charge in [0.15, 0.2) is 6.29 Å². The molecule has 12 nitrogen and oxygen atoms in total. The molecule has 1 aliphatic heterocycles. The normalized spacial score (nSPS) is 22.6. The summed E-state index contributed by atoms with van der Waals surface area (Å²) in [6, 6.07) is 0. The van der Waals surface area contributed by atoms with Crippen LogP contribution in [0.5, 0.6) is 0 Å². The maximum absolute atomic E-state index is 12.7. The molecule has 1 aliphatic rings. The fourth-order valence-corrected chi connectivity index (χ4v) is 5.88. The van der Waals surface area contributed by atoms with Crippen LogP contribution in [0, 0.1) is 0 Å². The van der Waals surface area contributed by atoms with Crippen LogP contribution < -0.4 is 0 Å². The molecule has 0 aromatic rings. The van der Waals surface area contributed by atoms with Gasteiger partial charge in [0, 0.05) is 13.0 Å². The zero-order chi connectivity index (χ0) is 34.8. The summed E-state index contributed by atoms with van der Waals surface area (Å²) in [5.74, 6) is -0.411. The highest BCUT2D eigenvalue weighted by Crippen LogP contribution is 2.26. The molecule has 0 saturated carbocycles. The molecule has 13 heteroatoms. The third-order valence-electron chi connectivity index (χ3n) is 8.14. The second-order valence-electron chi connectivity index (χ2n) is 12.5. The van der Waals surface area contributed by atoms with Gasteiger partial charge in [-0.25, -0.2) is 4.18 Å². The monoisotopic (exact) mass is 696 g/mol. The highest BCUT2D eigenvalue weighted by molar-refractivity contribution is 7.80. The molecule has 1 heterocycles. The first-order chi connectivity index (χ1) is 22.6. The molecule has 0 bridgehead atoms. The molecule has 1 fully saturated rings. The molecule has 0 amide bonds. The molecule has 278 valence electrons. The Morgan fingerprint density at radius 2 is 1.34 bits per heavy atom. The van der Waals surface area contributed by atoms with E-state index < -0.39 is 59.8 Å². The summed E-state index contributed by atoms with van der Waals surface area (Å²) >= 11 is 0. The van der Waals surface area contributed by atoms with Gasteiger partial charge in [-0.15, -0.1) is 0 Å². The Hall–Kier alpha value is -1.16. The van der Waals surface area contributed by atoms with Crippen molar-refractivity contribution in [2.45, 2.75) is 173 Å². The highest BCUT2D eigenvalue weighted by atomic mass is 32.3. The lowest BCUT2D eigenvalue weighted by atomic mass is 9.99. The third kappa shape index (κ3) is 22.2. The zero-order valence-electron chi connectivity index (χ0n) is 28.8.